The number of benzene rings is 2. The van der Waals surface area contributed by atoms with Crippen LogP contribution in [0.25, 0.3) is 27.6 Å². The number of nitrogens with zero attached hydrogens (tertiary/aromatic N) is 3. The third-order valence-corrected chi connectivity index (χ3v) is 4.59. The lowest BCUT2D eigenvalue weighted by Gasteiger charge is -2.00. The summed E-state index contributed by atoms with van der Waals surface area (Å²) in [6.45, 7) is 0. The molecule has 0 saturated heterocycles. The zero-order chi connectivity index (χ0) is 17.2. The lowest BCUT2D eigenvalue weighted by atomic mass is 10.1. The Morgan fingerprint density at radius 1 is 0.920 bits per heavy atom. The van der Waals surface area contributed by atoms with Gasteiger partial charge in [-0.25, -0.2) is 4.98 Å². The van der Waals surface area contributed by atoms with E-state index in [2.05, 4.69) is 10.1 Å². The molecule has 4 aromatic rings. The summed E-state index contributed by atoms with van der Waals surface area (Å²) in [4.78, 5) is 16.5. The molecule has 0 unspecified atom stereocenters. The van der Waals surface area contributed by atoms with Crippen LogP contribution in [0.1, 0.15) is 10.5 Å². The molecule has 1 amide bonds. The van der Waals surface area contributed by atoms with Crippen molar-refractivity contribution in [2.75, 3.05) is 0 Å². The van der Waals surface area contributed by atoms with E-state index < -0.39 is 5.91 Å². The van der Waals surface area contributed by atoms with Crippen molar-refractivity contribution in [2.24, 2.45) is 5.73 Å². The molecule has 2 heterocycles. The van der Waals surface area contributed by atoms with Gasteiger partial charge in [0.25, 0.3) is 5.91 Å². The molecule has 0 aliphatic rings. The van der Waals surface area contributed by atoms with Gasteiger partial charge in [0.05, 0.1) is 11.4 Å². The maximum Gasteiger partial charge on any atom is 0.267 e. The summed E-state index contributed by atoms with van der Waals surface area (Å²) in [5, 5.41) is 7.09. The van der Waals surface area contributed by atoms with Crippen LogP contribution < -0.4 is 5.73 Å². The Morgan fingerprint density at radius 2 is 1.52 bits per heavy atom. The molecule has 0 spiro atoms. The van der Waals surface area contributed by atoms with Crippen molar-refractivity contribution >= 4 is 17.2 Å². The second-order valence-electron chi connectivity index (χ2n) is 5.44. The second-order valence-corrected chi connectivity index (χ2v) is 6.27. The van der Waals surface area contributed by atoms with Crippen molar-refractivity contribution in [2.45, 2.75) is 0 Å². The van der Waals surface area contributed by atoms with E-state index in [1.165, 1.54) is 16.0 Å². The Balaban J connectivity index is 1.79. The number of hydrogen-bond acceptors (Lipinski definition) is 4. The normalized spacial score (nSPS) is 10.7. The largest absolute Gasteiger partial charge is 0.364 e. The second kappa shape index (κ2) is 6.33. The molecule has 25 heavy (non-hydrogen) atoms. The Hall–Kier alpha value is -3.25. The SMILES string of the molecule is NC(=O)c1cc(-c2ccccc2)nn1-c1nc(-c2ccccc2)cs1. The van der Waals surface area contributed by atoms with E-state index >= 15 is 0 Å². The molecule has 0 fully saturated rings. The van der Waals surface area contributed by atoms with Gasteiger partial charge >= 0.3 is 0 Å². The highest BCUT2D eigenvalue weighted by atomic mass is 32.1. The van der Waals surface area contributed by atoms with E-state index in [0.29, 0.717) is 16.5 Å². The van der Waals surface area contributed by atoms with Crippen molar-refractivity contribution < 1.29 is 4.79 Å². The van der Waals surface area contributed by atoms with Crippen LogP contribution in [-0.4, -0.2) is 20.7 Å². The van der Waals surface area contributed by atoms with Crippen LogP contribution in [0.15, 0.2) is 72.1 Å². The quantitative estimate of drug-likeness (QED) is 0.611. The van der Waals surface area contributed by atoms with Gasteiger partial charge in [-0.05, 0) is 6.07 Å². The molecule has 0 bridgehead atoms. The fourth-order valence-corrected chi connectivity index (χ4v) is 3.35. The van der Waals surface area contributed by atoms with Crippen LogP contribution in [0.4, 0.5) is 0 Å². The van der Waals surface area contributed by atoms with Gasteiger partial charge in [0, 0.05) is 16.5 Å². The topological polar surface area (TPSA) is 73.8 Å². The van der Waals surface area contributed by atoms with Gasteiger partial charge in [0.2, 0.25) is 5.13 Å². The number of nitrogens with two attached hydrogens (primary N) is 1. The highest BCUT2D eigenvalue weighted by Crippen LogP contribution is 2.26. The molecule has 0 radical (unpaired) electrons. The fourth-order valence-electron chi connectivity index (χ4n) is 2.56. The molecular formula is C19H14N4OS. The monoisotopic (exact) mass is 346 g/mol. The number of hydrogen-bond donors (Lipinski definition) is 1. The number of amides is 1. The van der Waals surface area contributed by atoms with Crippen LogP contribution >= 0.6 is 11.3 Å². The lowest BCUT2D eigenvalue weighted by Crippen LogP contribution is -2.16. The standard InChI is InChI=1S/C19H14N4OS/c20-18(24)17-11-15(13-7-3-1-4-8-13)22-23(17)19-21-16(12-25-19)14-9-5-2-6-10-14/h1-12H,(H2,20,24). The summed E-state index contributed by atoms with van der Waals surface area (Å²) in [7, 11) is 0. The summed E-state index contributed by atoms with van der Waals surface area (Å²) in [5.74, 6) is -0.536. The molecule has 5 nitrogen and oxygen atoms in total. The van der Waals surface area contributed by atoms with Crippen molar-refractivity contribution in [1.82, 2.24) is 14.8 Å². The first-order valence-corrected chi connectivity index (χ1v) is 8.57. The number of rotatable bonds is 4. The van der Waals surface area contributed by atoms with Gasteiger partial charge in [-0.3, -0.25) is 4.79 Å². The van der Waals surface area contributed by atoms with Crippen molar-refractivity contribution in [3.05, 3.63) is 77.8 Å². The zero-order valence-electron chi connectivity index (χ0n) is 13.2. The Labute approximate surface area is 148 Å². The molecule has 0 aliphatic heterocycles. The maximum atomic E-state index is 11.9. The van der Waals surface area contributed by atoms with Crippen molar-refractivity contribution in [3.8, 4) is 27.6 Å². The van der Waals surface area contributed by atoms with E-state index in [0.717, 1.165) is 16.8 Å². The van der Waals surface area contributed by atoms with Crippen LogP contribution in [0.2, 0.25) is 0 Å². The number of carbonyl (C=O) groups excluding carboxylic acids is 1. The Morgan fingerprint density at radius 3 is 2.12 bits per heavy atom. The van der Waals surface area contributed by atoms with Crippen LogP contribution in [-0.2, 0) is 0 Å². The minimum atomic E-state index is -0.536. The van der Waals surface area contributed by atoms with Crippen molar-refractivity contribution in [3.63, 3.8) is 0 Å². The third-order valence-electron chi connectivity index (χ3n) is 3.77. The van der Waals surface area contributed by atoms with Gasteiger partial charge in [-0.15, -0.1) is 11.3 Å². The Kier molecular flexibility index (Phi) is 3.87. The molecule has 122 valence electrons. The number of aromatic nitrogens is 3. The summed E-state index contributed by atoms with van der Waals surface area (Å²) in [5.41, 5.74) is 9.31. The minimum absolute atomic E-state index is 0.313. The molecule has 0 atom stereocenters. The van der Waals surface area contributed by atoms with Gasteiger partial charge < -0.3 is 5.73 Å². The average molecular weight is 346 g/mol. The maximum absolute atomic E-state index is 11.9. The lowest BCUT2D eigenvalue weighted by molar-refractivity contribution is 0.0993. The minimum Gasteiger partial charge on any atom is -0.364 e. The van der Waals surface area contributed by atoms with E-state index in [1.807, 2.05) is 66.0 Å². The van der Waals surface area contributed by atoms with Gasteiger partial charge in [-0.2, -0.15) is 9.78 Å². The summed E-state index contributed by atoms with van der Waals surface area (Å²) < 4.78 is 1.52. The van der Waals surface area contributed by atoms with Gasteiger partial charge in [-0.1, -0.05) is 60.7 Å². The molecule has 4 rings (SSSR count). The van der Waals surface area contributed by atoms with Crippen LogP contribution in [0, 0.1) is 0 Å². The smallest absolute Gasteiger partial charge is 0.267 e. The highest BCUT2D eigenvalue weighted by Gasteiger charge is 2.17. The third kappa shape index (κ3) is 2.95. The predicted molar refractivity (Wildman–Crippen MR) is 98.6 cm³/mol. The van der Waals surface area contributed by atoms with Crippen molar-refractivity contribution in [1.29, 1.82) is 0 Å². The zero-order valence-corrected chi connectivity index (χ0v) is 14.0. The number of thiazole rings is 1. The van der Waals surface area contributed by atoms with E-state index in [1.54, 1.807) is 6.07 Å². The first kappa shape index (κ1) is 15.3. The average Bonchev–Trinajstić information content (AvgIpc) is 3.30. The summed E-state index contributed by atoms with van der Waals surface area (Å²) in [6, 6.07) is 21.2. The van der Waals surface area contributed by atoms with E-state index in [4.69, 9.17) is 5.73 Å². The molecule has 0 aliphatic carbocycles. The highest BCUT2D eigenvalue weighted by molar-refractivity contribution is 7.12. The van der Waals surface area contributed by atoms with Crippen LogP contribution in [0.5, 0.6) is 0 Å². The van der Waals surface area contributed by atoms with Crippen LogP contribution in [0.3, 0.4) is 0 Å². The number of carbonyl (C=O) groups is 1. The van der Waals surface area contributed by atoms with E-state index in [9.17, 15) is 4.79 Å². The number of primary amides is 1. The molecular weight excluding hydrogens is 332 g/mol. The fraction of sp³-hybridized carbons (Fsp3) is 0. The molecule has 0 saturated carbocycles. The summed E-state index contributed by atoms with van der Waals surface area (Å²) >= 11 is 1.42. The van der Waals surface area contributed by atoms with Gasteiger partial charge in [0.15, 0.2) is 0 Å². The molecule has 2 aromatic heterocycles. The molecule has 2 aromatic carbocycles. The summed E-state index contributed by atoms with van der Waals surface area (Å²) in [6.07, 6.45) is 0. The predicted octanol–water partition coefficient (Wildman–Crippen LogP) is 3.76. The van der Waals surface area contributed by atoms with Gasteiger partial charge in [0.1, 0.15) is 5.69 Å². The Bertz CT molecular complexity index is 1020. The first-order valence-electron chi connectivity index (χ1n) is 7.69. The molecule has 6 heteroatoms. The first-order chi connectivity index (χ1) is 12.2. The molecule has 2 N–H and O–H groups in total. The van der Waals surface area contributed by atoms with E-state index in [-0.39, 0.29) is 0 Å².